The van der Waals surface area contributed by atoms with E-state index >= 15 is 0 Å². The first kappa shape index (κ1) is 18.0. The van der Waals surface area contributed by atoms with Crippen LogP contribution in [0.25, 0.3) is 0 Å². The molecule has 0 radical (unpaired) electrons. The molecule has 0 N–H and O–H groups in total. The van der Waals surface area contributed by atoms with Gasteiger partial charge in [-0.15, -0.1) is 11.3 Å². The van der Waals surface area contributed by atoms with E-state index in [1.165, 1.54) is 27.8 Å². The Morgan fingerprint density at radius 2 is 1.80 bits per heavy atom. The van der Waals surface area contributed by atoms with Crippen LogP contribution in [0.4, 0.5) is 4.39 Å². The summed E-state index contributed by atoms with van der Waals surface area (Å²) in [5.74, 6) is -0.522. The highest BCUT2D eigenvalue weighted by atomic mass is 32.2. The quantitative estimate of drug-likeness (QED) is 0.820. The summed E-state index contributed by atoms with van der Waals surface area (Å²) in [6.45, 7) is 3.33. The maximum atomic E-state index is 13.0. The summed E-state index contributed by atoms with van der Waals surface area (Å²) in [7, 11) is -3.68. The normalized spacial score (nSPS) is 16.6. The number of halogens is 1. The molecular formula is C17H19FN2O3S2. The zero-order valence-electron chi connectivity index (χ0n) is 13.8. The number of carbonyl (C=O) groups excluding carboxylic acids is 1. The van der Waals surface area contributed by atoms with Gasteiger partial charge in [0.1, 0.15) is 5.82 Å². The zero-order valence-corrected chi connectivity index (χ0v) is 15.4. The van der Waals surface area contributed by atoms with E-state index in [-0.39, 0.29) is 17.3 Å². The van der Waals surface area contributed by atoms with Gasteiger partial charge in [0.15, 0.2) is 0 Å². The summed E-state index contributed by atoms with van der Waals surface area (Å²) in [5, 5.41) is 1.88. The molecule has 0 aliphatic carbocycles. The Balaban J connectivity index is 1.74. The fourth-order valence-corrected chi connectivity index (χ4v) is 5.19. The molecule has 1 aromatic carbocycles. The third-order valence-electron chi connectivity index (χ3n) is 4.25. The maximum Gasteiger partial charge on any atom is 0.264 e. The van der Waals surface area contributed by atoms with E-state index in [9.17, 15) is 17.6 Å². The topological polar surface area (TPSA) is 57.7 Å². The lowest BCUT2D eigenvalue weighted by molar-refractivity contribution is 0.0768. The third-order valence-corrected chi connectivity index (χ3v) is 7.17. The smallest absolute Gasteiger partial charge is 0.264 e. The van der Waals surface area contributed by atoms with Crippen LogP contribution in [0.15, 0.2) is 40.6 Å². The molecule has 134 valence electrons. The van der Waals surface area contributed by atoms with Gasteiger partial charge in [-0.25, -0.2) is 12.8 Å². The predicted octanol–water partition coefficient (Wildman–Crippen LogP) is 2.73. The van der Waals surface area contributed by atoms with Crippen molar-refractivity contribution in [1.82, 2.24) is 9.21 Å². The molecule has 0 spiro atoms. The molecule has 5 nitrogen and oxygen atoms in total. The zero-order chi connectivity index (χ0) is 18.0. The average molecular weight is 382 g/mol. The number of nitrogens with zero attached hydrogens (tertiary/aromatic N) is 2. The molecule has 8 heteroatoms. The highest BCUT2D eigenvalue weighted by molar-refractivity contribution is 7.89. The summed E-state index contributed by atoms with van der Waals surface area (Å²) >= 11 is 1.40. The Hall–Kier alpha value is -1.77. The van der Waals surface area contributed by atoms with E-state index in [2.05, 4.69) is 0 Å². The molecule has 0 bridgehead atoms. The second-order valence-corrected chi connectivity index (χ2v) is 8.79. The van der Waals surface area contributed by atoms with Crippen molar-refractivity contribution in [1.29, 1.82) is 0 Å². The molecule has 1 amide bonds. The fraction of sp³-hybridized carbons (Fsp3) is 0.353. The first-order valence-electron chi connectivity index (χ1n) is 7.98. The van der Waals surface area contributed by atoms with Crippen LogP contribution in [0.5, 0.6) is 0 Å². The van der Waals surface area contributed by atoms with Gasteiger partial charge in [0.25, 0.3) is 5.91 Å². The van der Waals surface area contributed by atoms with Crippen molar-refractivity contribution in [3.63, 3.8) is 0 Å². The van der Waals surface area contributed by atoms with E-state index in [1.54, 1.807) is 4.90 Å². The van der Waals surface area contributed by atoms with Crippen molar-refractivity contribution in [3.05, 3.63) is 52.0 Å². The van der Waals surface area contributed by atoms with Gasteiger partial charge < -0.3 is 4.90 Å². The van der Waals surface area contributed by atoms with Crippen LogP contribution in [0.1, 0.15) is 21.7 Å². The fourth-order valence-electron chi connectivity index (χ4n) is 2.83. The van der Waals surface area contributed by atoms with Crippen LogP contribution in [0.3, 0.4) is 0 Å². The largest absolute Gasteiger partial charge is 0.337 e. The summed E-state index contributed by atoms with van der Waals surface area (Å²) < 4.78 is 39.8. The van der Waals surface area contributed by atoms with Gasteiger partial charge in [0, 0.05) is 26.2 Å². The van der Waals surface area contributed by atoms with Crippen LogP contribution < -0.4 is 0 Å². The first-order chi connectivity index (χ1) is 11.9. The van der Waals surface area contributed by atoms with E-state index in [1.807, 2.05) is 18.4 Å². The lowest BCUT2D eigenvalue weighted by Gasteiger charge is -2.22. The molecule has 25 heavy (non-hydrogen) atoms. The molecule has 2 heterocycles. The highest BCUT2D eigenvalue weighted by Gasteiger charge is 2.29. The highest BCUT2D eigenvalue weighted by Crippen LogP contribution is 2.21. The molecule has 1 saturated heterocycles. The number of benzene rings is 1. The molecule has 1 aromatic heterocycles. The number of rotatable bonds is 3. The molecule has 0 saturated carbocycles. The second kappa shape index (κ2) is 7.23. The number of carbonyl (C=O) groups is 1. The van der Waals surface area contributed by atoms with E-state index < -0.39 is 15.8 Å². The van der Waals surface area contributed by atoms with Crippen molar-refractivity contribution < 1.29 is 17.6 Å². The Bertz CT molecular complexity index is 862. The van der Waals surface area contributed by atoms with Crippen LogP contribution in [0.2, 0.25) is 0 Å². The van der Waals surface area contributed by atoms with Crippen LogP contribution in [-0.2, 0) is 10.0 Å². The lowest BCUT2D eigenvalue weighted by Crippen LogP contribution is -2.37. The van der Waals surface area contributed by atoms with Crippen molar-refractivity contribution in [2.24, 2.45) is 0 Å². The summed E-state index contributed by atoms with van der Waals surface area (Å²) in [5.41, 5.74) is 0.940. The lowest BCUT2D eigenvalue weighted by atomic mass is 10.2. The summed E-state index contributed by atoms with van der Waals surface area (Å²) in [4.78, 5) is 15.1. The molecule has 0 unspecified atom stereocenters. The van der Waals surface area contributed by atoms with E-state index in [0.29, 0.717) is 30.9 Å². The van der Waals surface area contributed by atoms with Gasteiger partial charge in [0.05, 0.1) is 9.77 Å². The minimum Gasteiger partial charge on any atom is -0.337 e. The summed E-state index contributed by atoms with van der Waals surface area (Å²) in [6.07, 6.45) is 0.566. The monoisotopic (exact) mass is 382 g/mol. The van der Waals surface area contributed by atoms with E-state index in [0.717, 1.165) is 17.7 Å². The molecule has 1 aliphatic heterocycles. The minimum atomic E-state index is -3.68. The van der Waals surface area contributed by atoms with Crippen molar-refractivity contribution in [3.8, 4) is 0 Å². The second-order valence-electron chi connectivity index (χ2n) is 5.94. The Morgan fingerprint density at radius 1 is 1.08 bits per heavy atom. The number of hydrogen-bond donors (Lipinski definition) is 0. The number of amides is 1. The first-order valence-corrected chi connectivity index (χ1v) is 10.3. The van der Waals surface area contributed by atoms with Gasteiger partial charge in [-0.2, -0.15) is 4.31 Å². The van der Waals surface area contributed by atoms with Crippen molar-refractivity contribution >= 4 is 27.3 Å². The van der Waals surface area contributed by atoms with Gasteiger partial charge in [-0.3, -0.25) is 4.79 Å². The summed E-state index contributed by atoms with van der Waals surface area (Å²) in [6, 6.07) is 6.72. The number of thiophene rings is 1. The SMILES string of the molecule is Cc1ccsc1C(=O)N1CCCN(S(=O)(=O)c2ccc(F)cc2)CC1. The van der Waals surface area contributed by atoms with Gasteiger partial charge >= 0.3 is 0 Å². The Kier molecular flexibility index (Phi) is 5.21. The van der Waals surface area contributed by atoms with Crippen molar-refractivity contribution in [2.45, 2.75) is 18.2 Å². The van der Waals surface area contributed by atoms with Gasteiger partial charge in [0.2, 0.25) is 10.0 Å². The van der Waals surface area contributed by atoms with Gasteiger partial charge in [-0.05, 0) is 54.6 Å². The Labute approximate surface area is 150 Å². The van der Waals surface area contributed by atoms with Crippen LogP contribution >= 0.6 is 11.3 Å². The van der Waals surface area contributed by atoms with Crippen LogP contribution in [-0.4, -0.2) is 49.7 Å². The maximum absolute atomic E-state index is 13.0. The molecule has 1 aliphatic rings. The molecule has 3 rings (SSSR count). The average Bonchev–Trinajstić information content (AvgIpc) is 2.86. The van der Waals surface area contributed by atoms with Crippen molar-refractivity contribution in [2.75, 3.05) is 26.2 Å². The minimum absolute atomic E-state index is 0.0477. The number of hydrogen-bond acceptors (Lipinski definition) is 4. The predicted molar refractivity (Wildman–Crippen MR) is 94.7 cm³/mol. The standard InChI is InChI=1S/C17H19FN2O3S2/c1-13-7-12-24-16(13)17(21)19-8-2-9-20(11-10-19)25(22,23)15-5-3-14(18)4-6-15/h3-7,12H,2,8-11H2,1H3. The third kappa shape index (κ3) is 3.75. The molecular weight excluding hydrogens is 363 g/mol. The van der Waals surface area contributed by atoms with Gasteiger partial charge in [-0.1, -0.05) is 0 Å². The molecule has 0 atom stereocenters. The number of sulfonamides is 1. The van der Waals surface area contributed by atoms with Crippen LogP contribution in [0, 0.1) is 12.7 Å². The Morgan fingerprint density at radius 3 is 2.44 bits per heavy atom. The molecule has 1 fully saturated rings. The van der Waals surface area contributed by atoms with E-state index in [4.69, 9.17) is 0 Å². The molecule has 2 aromatic rings. The number of aryl methyl sites for hydroxylation is 1.